The van der Waals surface area contributed by atoms with E-state index in [9.17, 15) is 14.9 Å². The molecule has 0 saturated carbocycles. The third-order valence-electron chi connectivity index (χ3n) is 2.55. The third kappa shape index (κ3) is 3.55. The smallest absolute Gasteiger partial charge is 0.292 e. The van der Waals surface area contributed by atoms with Crippen molar-refractivity contribution < 1.29 is 9.72 Å². The fourth-order valence-corrected chi connectivity index (χ4v) is 1.70. The second-order valence-electron chi connectivity index (χ2n) is 3.63. The Balaban J connectivity index is 2.86. The van der Waals surface area contributed by atoms with Crippen LogP contribution in [0.3, 0.4) is 0 Å². The Morgan fingerprint density at radius 3 is 2.71 bits per heavy atom. The molecule has 0 bridgehead atoms. The van der Waals surface area contributed by atoms with Gasteiger partial charge in [-0.15, -0.1) is 0 Å². The molecule has 0 aromatic heterocycles. The Morgan fingerprint density at radius 1 is 1.41 bits per heavy atom. The molecule has 0 aliphatic heterocycles. The van der Waals surface area contributed by atoms with Crippen LogP contribution in [0.4, 0.5) is 11.4 Å². The molecular weight excluding hydrogens is 220 g/mol. The van der Waals surface area contributed by atoms with Gasteiger partial charge >= 0.3 is 0 Å². The van der Waals surface area contributed by atoms with E-state index >= 15 is 0 Å². The third-order valence-corrected chi connectivity index (χ3v) is 2.55. The molecule has 1 aromatic rings. The summed E-state index contributed by atoms with van der Waals surface area (Å²) in [4.78, 5) is 22.7. The lowest BCUT2D eigenvalue weighted by Gasteiger charge is -2.22. The van der Waals surface area contributed by atoms with Gasteiger partial charge in [0.25, 0.3) is 5.69 Å². The average Bonchev–Trinajstić information content (AvgIpc) is 2.35. The van der Waals surface area contributed by atoms with Gasteiger partial charge < -0.3 is 9.69 Å². The maximum absolute atomic E-state index is 10.9. The predicted molar refractivity (Wildman–Crippen MR) is 66.3 cm³/mol. The van der Waals surface area contributed by atoms with Crippen molar-refractivity contribution in [3.8, 4) is 0 Å². The normalized spacial score (nSPS) is 9.94. The van der Waals surface area contributed by atoms with Crippen LogP contribution in [0.1, 0.15) is 19.8 Å². The van der Waals surface area contributed by atoms with Gasteiger partial charge in [0.05, 0.1) is 4.92 Å². The van der Waals surface area contributed by atoms with Gasteiger partial charge in [0, 0.05) is 25.6 Å². The molecule has 17 heavy (non-hydrogen) atoms. The highest BCUT2D eigenvalue weighted by molar-refractivity contribution is 5.63. The van der Waals surface area contributed by atoms with Crippen LogP contribution in [0, 0.1) is 10.1 Å². The van der Waals surface area contributed by atoms with Gasteiger partial charge in [-0.3, -0.25) is 10.1 Å². The molecule has 0 aliphatic carbocycles. The number of rotatable bonds is 7. The topological polar surface area (TPSA) is 63.5 Å². The van der Waals surface area contributed by atoms with Crippen LogP contribution in [0.25, 0.3) is 0 Å². The number of aldehydes is 1. The number of nitro benzene ring substituents is 1. The maximum atomic E-state index is 10.9. The van der Waals surface area contributed by atoms with E-state index in [4.69, 9.17) is 0 Å². The number of hydrogen-bond donors (Lipinski definition) is 0. The van der Waals surface area contributed by atoms with Crippen molar-refractivity contribution in [3.63, 3.8) is 0 Å². The summed E-state index contributed by atoms with van der Waals surface area (Å²) in [6.45, 7) is 3.28. The number of para-hydroxylation sites is 2. The molecule has 0 radical (unpaired) electrons. The molecule has 1 aromatic carbocycles. The Labute approximate surface area is 100 Å². The summed E-state index contributed by atoms with van der Waals surface area (Å²) < 4.78 is 0. The van der Waals surface area contributed by atoms with E-state index in [1.165, 1.54) is 6.07 Å². The van der Waals surface area contributed by atoms with E-state index in [2.05, 4.69) is 0 Å². The minimum absolute atomic E-state index is 0.112. The summed E-state index contributed by atoms with van der Waals surface area (Å²) in [6.07, 6.45) is 2.06. The molecule has 0 unspecified atom stereocenters. The molecule has 0 amide bonds. The lowest BCUT2D eigenvalue weighted by Crippen LogP contribution is -2.24. The summed E-state index contributed by atoms with van der Waals surface area (Å²) in [5, 5.41) is 10.9. The minimum Gasteiger partial charge on any atom is -0.366 e. The van der Waals surface area contributed by atoms with Gasteiger partial charge in [-0.05, 0) is 19.4 Å². The first kappa shape index (κ1) is 13.2. The first-order chi connectivity index (χ1) is 8.20. The summed E-state index contributed by atoms with van der Waals surface area (Å²) in [5.41, 5.74) is 0.728. The number of hydrogen-bond acceptors (Lipinski definition) is 4. The van der Waals surface area contributed by atoms with Crippen molar-refractivity contribution in [2.24, 2.45) is 0 Å². The van der Waals surface area contributed by atoms with Crippen molar-refractivity contribution in [2.75, 3.05) is 18.0 Å². The standard InChI is InChI=1S/C12H16N2O3/c1-2-13(9-5-6-10-15)11-7-3-4-8-12(11)14(16)17/h3-4,7-8,10H,2,5-6,9H2,1H3. The first-order valence-electron chi connectivity index (χ1n) is 5.62. The zero-order chi connectivity index (χ0) is 12.7. The van der Waals surface area contributed by atoms with E-state index in [1.807, 2.05) is 11.8 Å². The van der Waals surface area contributed by atoms with E-state index in [-0.39, 0.29) is 10.6 Å². The fourth-order valence-electron chi connectivity index (χ4n) is 1.70. The molecule has 0 spiro atoms. The number of carbonyl (C=O) groups is 1. The van der Waals surface area contributed by atoms with Crippen LogP contribution < -0.4 is 4.90 Å². The molecule has 0 atom stereocenters. The van der Waals surface area contributed by atoms with Crippen molar-refractivity contribution >= 4 is 17.7 Å². The molecule has 0 heterocycles. The summed E-state index contributed by atoms with van der Waals surface area (Å²) in [7, 11) is 0. The van der Waals surface area contributed by atoms with E-state index in [1.54, 1.807) is 18.2 Å². The van der Waals surface area contributed by atoms with Crippen LogP contribution in [0.15, 0.2) is 24.3 Å². The molecular formula is C12H16N2O3. The van der Waals surface area contributed by atoms with Crippen LogP contribution >= 0.6 is 0 Å². The number of unbranched alkanes of at least 4 members (excludes halogenated alkanes) is 1. The van der Waals surface area contributed by atoms with Crippen LogP contribution in [-0.2, 0) is 4.79 Å². The quantitative estimate of drug-likeness (QED) is 0.315. The zero-order valence-electron chi connectivity index (χ0n) is 9.83. The Morgan fingerprint density at radius 2 is 2.12 bits per heavy atom. The number of carbonyl (C=O) groups excluding carboxylic acids is 1. The molecule has 5 nitrogen and oxygen atoms in total. The molecule has 1 rings (SSSR count). The molecule has 92 valence electrons. The number of nitro groups is 1. The van der Waals surface area contributed by atoms with Crippen molar-refractivity contribution in [2.45, 2.75) is 19.8 Å². The van der Waals surface area contributed by atoms with E-state index in [0.29, 0.717) is 31.6 Å². The van der Waals surface area contributed by atoms with Gasteiger partial charge in [0.1, 0.15) is 12.0 Å². The molecule has 5 heteroatoms. The van der Waals surface area contributed by atoms with Crippen LogP contribution in [0.5, 0.6) is 0 Å². The molecule has 0 fully saturated rings. The van der Waals surface area contributed by atoms with Crippen molar-refractivity contribution in [1.82, 2.24) is 0 Å². The first-order valence-corrected chi connectivity index (χ1v) is 5.62. The van der Waals surface area contributed by atoms with E-state index < -0.39 is 0 Å². The highest BCUT2D eigenvalue weighted by Gasteiger charge is 2.16. The predicted octanol–water partition coefficient (Wildman–Crippen LogP) is 2.40. The maximum Gasteiger partial charge on any atom is 0.292 e. The van der Waals surface area contributed by atoms with Gasteiger partial charge in [-0.2, -0.15) is 0 Å². The lowest BCUT2D eigenvalue weighted by atomic mass is 10.2. The second-order valence-corrected chi connectivity index (χ2v) is 3.63. The lowest BCUT2D eigenvalue weighted by molar-refractivity contribution is -0.384. The average molecular weight is 236 g/mol. The van der Waals surface area contributed by atoms with Crippen LogP contribution in [-0.4, -0.2) is 24.3 Å². The Bertz CT molecular complexity index is 393. The number of benzene rings is 1. The van der Waals surface area contributed by atoms with Gasteiger partial charge in [0.15, 0.2) is 0 Å². The minimum atomic E-state index is -0.377. The van der Waals surface area contributed by atoms with Crippen molar-refractivity contribution in [3.05, 3.63) is 34.4 Å². The molecule has 0 aliphatic rings. The highest BCUT2D eigenvalue weighted by Crippen LogP contribution is 2.27. The second kappa shape index (κ2) is 6.62. The number of anilines is 1. The van der Waals surface area contributed by atoms with Crippen LogP contribution in [0.2, 0.25) is 0 Å². The van der Waals surface area contributed by atoms with Gasteiger partial charge in [-0.25, -0.2) is 0 Å². The monoisotopic (exact) mass is 236 g/mol. The fraction of sp³-hybridized carbons (Fsp3) is 0.417. The van der Waals surface area contributed by atoms with Crippen molar-refractivity contribution in [1.29, 1.82) is 0 Å². The summed E-state index contributed by atoms with van der Waals surface area (Å²) in [5.74, 6) is 0. The van der Waals surface area contributed by atoms with Gasteiger partial charge in [0.2, 0.25) is 0 Å². The largest absolute Gasteiger partial charge is 0.366 e. The zero-order valence-corrected chi connectivity index (χ0v) is 9.83. The Kier molecular flexibility index (Phi) is 5.13. The van der Waals surface area contributed by atoms with E-state index in [0.717, 1.165) is 6.29 Å². The number of nitrogens with zero attached hydrogens (tertiary/aromatic N) is 2. The summed E-state index contributed by atoms with van der Waals surface area (Å²) in [6, 6.07) is 6.67. The summed E-state index contributed by atoms with van der Waals surface area (Å²) >= 11 is 0. The van der Waals surface area contributed by atoms with Gasteiger partial charge in [-0.1, -0.05) is 12.1 Å². The highest BCUT2D eigenvalue weighted by atomic mass is 16.6. The molecule has 0 saturated heterocycles. The molecule has 0 N–H and O–H groups in total. The Hall–Kier alpha value is -1.91. The SMILES string of the molecule is CCN(CCCC=O)c1ccccc1[N+](=O)[O-].